The average Bonchev–Trinajstić information content (AvgIpc) is 3.30. The van der Waals surface area contributed by atoms with Gasteiger partial charge in [0.2, 0.25) is 5.91 Å². The van der Waals surface area contributed by atoms with Crippen LogP contribution in [0.15, 0.2) is 45.2 Å². The molecule has 0 saturated carbocycles. The van der Waals surface area contributed by atoms with E-state index in [4.69, 9.17) is 5.73 Å². The fourth-order valence-corrected chi connectivity index (χ4v) is 5.99. The van der Waals surface area contributed by atoms with Gasteiger partial charge in [-0.05, 0) is 39.2 Å². The minimum absolute atomic E-state index is 0.00952. The van der Waals surface area contributed by atoms with Crippen molar-refractivity contribution >= 4 is 57.2 Å². The highest BCUT2D eigenvalue weighted by molar-refractivity contribution is 9.10. The number of amides is 2. The summed E-state index contributed by atoms with van der Waals surface area (Å²) >= 11 is 5.86. The Hall–Kier alpha value is -2.55. The van der Waals surface area contributed by atoms with Crippen LogP contribution in [0.5, 0.6) is 5.75 Å². The number of carboxylic acid groups (broad SMARTS) is 1. The van der Waals surface area contributed by atoms with Crippen molar-refractivity contribution in [2.45, 2.75) is 22.5 Å². The Kier molecular flexibility index (Phi) is 6.46. The van der Waals surface area contributed by atoms with Gasteiger partial charge in [0.1, 0.15) is 33.9 Å². The number of aromatic amines is 1. The Morgan fingerprint density at radius 3 is 2.91 bits per heavy atom. The first-order valence-corrected chi connectivity index (χ1v) is 12.0. The number of carboxylic acids is 1. The molecular formula is C18H17BrN6O5S2. The zero-order valence-electron chi connectivity index (χ0n) is 16.2. The zero-order valence-corrected chi connectivity index (χ0v) is 19.4. The third kappa shape index (κ3) is 4.22. The molecule has 2 aromatic rings. The number of nitrogens with zero attached hydrogens (tertiary/aromatic N) is 3. The molecular weight excluding hydrogens is 524 g/mol. The van der Waals surface area contributed by atoms with Crippen molar-refractivity contribution in [2.24, 2.45) is 5.73 Å². The molecule has 168 valence electrons. The molecule has 4 rings (SSSR count). The number of thioether (sulfide) groups is 2. The van der Waals surface area contributed by atoms with Crippen LogP contribution < -0.4 is 11.1 Å². The van der Waals surface area contributed by atoms with E-state index in [1.807, 2.05) is 0 Å². The minimum Gasteiger partial charge on any atom is -0.507 e. The predicted molar refractivity (Wildman–Crippen MR) is 120 cm³/mol. The van der Waals surface area contributed by atoms with E-state index in [-0.39, 0.29) is 11.4 Å². The maximum Gasteiger partial charge on any atom is 0.352 e. The van der Waals surface area contributed by atoms with Gasteiger partial charge in [-0.3, -0.25) is 14.5 Å². The fraction of sp³-hybridized carbons (Fsp3) is 0.278. The smallest absolute Gasteiger partial charge is 0.352 e. The number of halogens is 1. The Balaban J connectivity index is 1.45. The average molecular weight is 541 g/mol. The number of aliphatic carboxylic acids is 1. The molecule has 1 aromatic carbocycles. The van der Waals surface area contributed by atoms with Gasteiger partial charge < -0.3 is 21.3 Å². The number of benzene rings is 1. The summed E-state index contributed by atoms with van der Waals surface area (Å²) in [6, 6.07) is 2.50. The highest BCUT2D eigenvalue weighted by Crippen LogP contribution is 2.41. The van der Waals surface area contributed by atoms with Crippen molar-refractivity contribution in [1.82, 2.24) is 25.6 Å². The number of phenols is 1. The first-order valence-electron chi connectivity index (χ1n) is 9.21. The standard InChI is InChI=1S/C18H17BrN6O5S2/c19-9-3-7(1-2-10(9)26)12(20)15(27)22-13-16(28)25-14(18(29)30)8(6-32-17(13)25)5-31-11-4-21-24-23-11/h1-4,12-13,17,26H,5-6,20H2,(H,22,27)(H,29,30)(H,21,23,24)/t12?,13?,17-/m0/s1. The van der Waals surface area contributed by atoms with E-state index in [0.717, 1.165) is 0 Å². The number of carbonyl (C=O) groups is 3. The molecule has 3 atom stereocenters. The molecule has 11 nitrogen and oxygen atoms in total. The third-order valence-corrected chi connectivity index (χ3v) is 7.91. The van der Waals surface area contributed by atoms with Gasteiger partial charge in [-0.25, -0.2) is 4.79 Å². The lowest BCUT2D eigenvalue weighted by Gasteiger charge is -2.49. The molecule has 0 spiro atoms. The number of phenolic OH excluding ortho intramolecular Hbond substituents is 1. The summed E-state index contributed by atoms with van der Waals surface area (Å²) in [6.45, 7) is 0. The van der Waals surface area contributed by atoms with Crippen molar-refractivity contribution in [2.75, 3.05) is 11.5 Å². The summed E-state index contributed by atoms with van der Waals surface area (Å²) in [5, 5.41) is 32.2. The minimum atomic E-state index is -1.20. The van der Waals surface area contributed by atoms with Crippen LogP contribution in [0, 0.1) is 0 Å². The van der Waals surface area contributed by atoms with Gasteiger partial charge in [-0.15, -0.1) is 16.9 Å². The van der Waals surface area contributed by atoms with Crippen molar-refractivity contribution in [3.8, 4) is 5.75 Å². The second kappa shape index (κ2) is 9.13. The van der Waals surface area contributed by atoms with Crippen molar-refractivity contribution in [1.29, 1.82) is 0 Å². The van der Waals surface area contributed by atoms with Crippen LogP contribution in [-0.2, 0) is 14.4 Å². The first kappa shape index (κ1) is 22.6. The van der Waals surface area contributed by atoms with Crippen molar-refractivity contribution in [3.63, 3.8) is 0 Å². The second-order valence-electron chi connectivity index (χ2n) is 6.94. The van der Waals surface area contributed by atoms with Gasteiger partial charge in [-0.1, -0.05) is 17.8 Å². The van der Waals surface area contributed by atoms with Gasteiger partial charge in [0.15, 0.2) is 0 Å². The summed E-state index contributed by atoms with van der Waals surface area (Å²) < 4.78 is 0.388. The van der Waals surface area contributed by atoms with Crippen LogP contribution in [0.3, 0.4) is 0 Å². The van der Waals surface area contributed by atoms with E-state index in [1.165, 1.54) is 52.8 Å². The van der Waals surface area contributed by atoms with Crippen molar-refractivity contribution in [3.05, 3.63) is 45.7 Å². The zero-order chi connectivity index (χ0) is 23.0. The number of aromatic nitrogens is 3. The van der Waals surface area contributed by atoms with E-state index < -0.39 is 35.2 Å². The maximum absolute atomic E-state index is 12.8. The van der Waals surface area contributed by atoms with Gasteiger partial charge in [0, 0.05) is 11.5 Å². The number of nitrogens with two attached hydrogens (primary N) is 1. The molecule has 3 heterocycles. The molecule has 0 radical (unpaired) electrons. The summed E-state index contributed by atoms with van der Waals surface area (Å²) in [5.41, 5.74) is 7.00. The summed E-state index contributed by atoms with van der Waals surface area (Å²) in [5.74, 6) is -1.53. The number of hydrogen-bond acceptors (Lipinski definition) is 9. The van der Waals surface area contributed by atoms with Crippen LogP contribution in [0.2, 0.25) is 0 Å². The monoisotopic (exact) mass is 540 g/mol. The quantitative estimate of drug-likeness (QED) is 0.249. The highest BCUT2D eigenvalue weighted by atomic mass is 79.9. The molecule has 1 saturated heterocycles. The van der Waals surface area contributed by atoms with Gasteiger partial charge in [0.25, 0.3) is 5.91 Å². The molecule has 14 heteroatoms. The lowest BCUT2D eigenvalue weighted by molar-refractivity contribution is -0.150. The number of aromatic hydroxyl groups is 1. The first-order chi connectivity index (χ1) is 15.3. The predicted octanol–water partition coefficient (Wildman–Crippen LogP) is 0.804. The Morgan fingerprint density at radius 1 is 1.47 bits per heavy atom. The maximum atomic E-state index is 12.8. The number of β-lactam (4-membered cyclic amide) rings is 1. The normalized spacial score (nSPS) is 21.1. The summed E-state index contributed by atoms with van der Waals surface area (Å²) in [4.78, 5) is 38.5. The molecule has 6 N–H and O–H groups in total. The molecule has 2 amide bonds. The third-order valence-electron chi connectivity index (χ3n) is 4.95. The number of nitrogens with one attached hydrogen (secondary N) is 2. The second-order valence-corrected chi connectivity index (χ2v) is 9.89. The Labute approximate surface area is 198 Å². The Morgan fingerprint density at radius 2 is 2.25 bits per heavy atom. The number of fused-ring (bicyclic) bond motifs is 1. The number of rotatable bonds is 7. The molecule has 1 aromatic heterocycles. The topological polar surface area (TPSA) is 175 Å². The van der Waals surface area contributed by atoms with Gasteiger partial charge in [-0.2, -0.15) is 10.3 Å². The Bertz CT molecular complexity index is 1110. The number of H-pyrrole nitrogens is 1. The van der Waals surface area contributed by atoms with Crippen LogP contribution in [0.1, 0.15) is 11.6 Å². The van der Waals surface area contributed by atoms with E-state index in [0.29, 0.717) is 32.1 Å². The molecule has 2 unspecified atom stereocenters. The SMILES string of the molecule is NC(C(=O)NC1C(=O)N2C(C(=O)O)=C(CSc3cn[nH]n3)CS[C@@H]12)c1ccc(O)c(Br)c1. The number of hydrogen-bond donors (Lipinski definition) is 5. The molecule has 32 heavy (non-hydrogen) atoms. The van der Waals surface area contributed by atoms with E-state index >= 15 is 0 Å². The van der Waals surface area contributed by atoms with Crippen LogP contribution >= 0.6 is 39.5 Å². The highest BCUT2D eigenvalue weighted by Gasteiger charge is 2.54. The van der Waals surface area contributed by atoms with Crippen LogP contribution in [-0.4, -0.2) is 71.2 Å². The van der Waals surface area contributed by atoms with E-state index in [9.17, 15) is 24.6 Å². The van der Waals surface area contributed by atoms with Crippen LogP contribution in [0.25, 0.3) is 0 Å². The van der Waals surface area contributed by atoms with Crippen LogP contribution in [0.4, 0.5) is 0 Å². The van der Waals surface area contributed by atoms with Gasteiger partial charge >= 0.3 is 5.97 Å². The largest absolute Gasteiger partial charge is 0.507 e. The van der Waals surface area contributed by atoms with E-state index in [2.05, 4.69) is 36.7 Å². The molecule has 0 aliphatic carbocycles. The lowest BCUT2D eigenvalue weighted by atomic mass is 10.0. The lowest BCUT2D eigenvalue weighted by Crippen LogP contribution is -2.71. The number of carbonyl (C=O) groups excluding carboxylic acids is 2. The molecule has 2 aliphatic rings. The summed E-state index contributed by atoms with van der Waals surface area (Å²) in [6.07, 6.45) is 1.53. The van der Waals surface area contributed by atoms with Gasteiger partial charge in [0.05, 0.1) is 10.7 Å². The fourth-order valence-electron chi connectivity index (χ4n) is 3.33. The molecule has 2 aliphatic heterocycles. The molecule has 0 bridgehead atoms. The van der Waals surface area contributed by atoms with E-state index in [1.54, 1.807) is 0 Å². The molecule has 1 fully saturated rings. The summed E-state index contributed by atoms with van der Waals surface area (Å²) in [7, 11) is 0. The van der Waals surface area contributed by atoms with Crippen molar-refractivity contribution < 1.29 is 24.6 Å².